The summed E-state index contributed by atoms with van der Waals surface area (Å²) in [6, 6.07) is 8.92. The van der Waals surface area contributed by atoms with Gasteiger partial charge in [-0.25, -0.2) is 0 Å². The van der Waals surface area contributed by atoms with Crippen molar-refractivity contribution >= 4 is 5.69 Å². The van der Waals surface area contributed by atoms with Crippen LogP contribution in [0.3, 0.4) is 0 Å². The van der Waals surface area contributed by atoms with E-state index >= 15 is 0 Å². The number of para-hydroxylation sites is 1. The number of anilines is 1. The van der Waals surface area contributed by atoms with Crippen molar-refractivity contribution in [2.75, 3.05) is 11.9 Å². The Hall–Kier alpha value is -2.48. The third-order valence-electron chi connectivity index (χ3n) is 5.61. The van der Waals surface area contributed by atoms with E-state index < -0.39 is 0 Å². The second-order valence-corrected chi connectivity index (χ2v) is 8.74. The van der Waals surface area contributed by atoms with E-state index in [0.29, 0.717) is 12.0 Å². The fraction of sp³-hybridized carbons (Fsp3) is 0.407. The summed E-state index contributed by atoms with van der Waals surface area (Å²) in [5, 5.41) is 3.63. The summed E-state index contributed by atoms with van der Waals surface area (Å²) in [5.74, 6) is 0.477. The first-order valence-electron chi connectivity index (χ1n) is 10.7. The standard InChI is InChI=1S/C27H38N2/c1-9-15-26(23(10-2)27(6,7)8)29(11-3)20(4)16-14-19-24-21(5)22-17-12-13-18-25(22)28-24/h9-10,12-19,21,24,28H,2,11H2,1,3-8H3/b15-9-,19-14+,20-16+,26-23-. The van der Waals surface area contributed by atoms with Crippen LogP contribution in [0.2, 0.25) is 0 Å². The van der Waals surface area contributed by atoms with Crippen LogP contribution in [0.25, 0.3) is 0 Å². The molecule has 0 amide bonds. The lowest BCUT2D eigenvalue weighted by molar-refractivity contribution is 0.431. The first-order chi connectivity index (χ1) is 13.7. The lowest BCUT2D eigenvalue weighted by Gasteiger charge is -2.31. The summed E-state index contributed by atoms with van der Waals surface area (Å²) < 4.78 is 0. The Bertz CT molecular complexity index is 830. The van der Waals surface area contributed by atoms with Crippen LogP contribution < -0.4 is 5.32 Å². The van der Waals surface area contributed by atoms with Crippen LogP contribution >= 0.6 is 0 Å². The van der Waals surface area contributed by atoms with Crippen LogP contribution in [0.4, 0.5) is 5.69 Å². The molecule has 2 unspecified atom stereocenters. The maximum absolute atomic E-state index is 4.09. The van der Waals surface area contributed by atoms with Gasteiger partial charge < -0.3 is 10.2 Å². The van der Waals surface area contributed by atoms with Crippen LogP contribution in [0.5, 0.6) is 0 Å². The van der Waals surface area contributed by atoms with Crippen molar-refractivity contribution in [1.82, 2.24) is 4.90 Å². The minimum atomic E-state index is 0.0368. The molecule has 0 fully saturated rings. The molecule has 0 saturated heterocycles. The zero-order valence-electron chi connectivity index (χ0n) is 19.3. The zero-order valence-corrected chi connectivity index (χ0v) is 19.3. The molecule has 2 atom stereocenters. The average Bonchev–Trinajstić information content (AvgIpc) is 2.98. The Balaban J connectivity index is 2.27. The lowest BCUT2D eigenvalue weighted by atomic mass is 9.84. The van der Waals surface area contributed by atoms with Gasteiger partial charge in [0.1, 0.15) is 0 Å². The van der Waals surface area contributed by atoms with E-state index in [-0.39, 0.29) is 5.41 Å². The van der Waals surface area contributed by atoms with Gasteiger partial charge in [-0.15, -0.1) is 0 Å². The van der Waals surface area contributed by atoms with Gasteiger partial charge in [0, 0.05) is 29.5 Å². The van der Waals surface area contributed by atoms with Gasteiger partial charge in [-0.2, -0.15) is 0 Å². The molecular weight excluding hydrogens is 352 g/mol. The van der Waals surface area contributed by atoms with Gasteiger partial charge >= 0.3 is 0 Å². The molecule has 0 saturated carbocycles. The maximum Gasteiger partial charge on any atom is 0.0514 e. The molecule has 0 aliphatic carbocycles. The highest BCUT2D eigenvalue weighted by Crippen LogP contribution is 2.36. The van der Waals surface area contributed by atoms with Crippen molar-refractivity contribution in [1.29, 1.82) is 0 Å². The molecule has 0 radical (unpaired) electrons. The molecular formula is C27H38N2. The maximum atomic E-state index is 4.09. The third-order valence-corrected chi connectivity index (χ3v) is 5.61. The van der Waals surface area contributed by atoms with Crippen molar-refractivity contribution in [2.24, 2.45) is 5.41 Å². The molecule has 1 aliphatic heterocycles. The second-order valence-electron chi connectivity index (χ2n) is 8.74. The molecule has 1 N–H and O–H groups in total. The predicted molar refractivity (Wildman–Crippen MR) is 129 cm³/mol. The van der Waals surface area contributed by atoms with Crippen molar-refractivity contribution in [2.45, 2.75) is 60.4 Å². The van der Waals surface area contributed by atoms with Crippen molar-refractivity contribution < 1.29 is 0 Å². The second kappa shape index (κ2) is 9.82. The van der Waals surface area contributed by atoms with E-state index in [9.17, 15) is 0 Å². The van der Waals surface area contributed by atoms with E-state index in [4.69, 9.17) is 0 Å². The molecule has 0 aromatic heterocycles. The van der Waals surface area contributed by atoms with Gasteiger partial charge in [0.25, 0.3) is 0 Å². The van der Waals surface area contributed by atoms with E-state index in [0.717, 1.165) is 6.54 Å². The van der Waals surface area contributed by atoms with Gasteiger partial charge in [0.2, 0.25) is 0 Å². The molecule has 0 bridgehead atoms. The molecule has 1 aromatic carbocycles. The van der Waals surface area contributed by atoms with Crippen LogP contribution in [-0.2, 0) is 0 Å². The summed E-state index contributed by atoms with van der Waals surface area (Å²) in [6.07, 6.45) is 13.0. The Morgan fingerprint density at radius 3 is 2.48 bits per heavy atom. The highest BCUT2D eigenvalue weighted by molar-refractivity contribution is 5.60. The smallest absolute Gasteiger partial charge is 0.0514 e. The highest BCUT2D eigenvalue weighted by atomic mass is 15.1. The average molecular weight is 391 g/mol. The molecule has 0 spiro atoms. The summed E-state index contributed by atoms with van der Waals surface area (Å²) >= 11 is 0. The first kappa shape index (κ1) is 22.8. The van der Waals surface area contributed by atoms with Crippen molar-refractivity contribution in [3.05, 3.63) is 89.8 Å². The largest absolute Gasteiger partial charge is 0.378 e. The highest BCUT2D eigenvalue weighted by Gasteiger charge is 2.25. The van der Waals surface area contributed by atoms with Gasteiger partial charge in [0.05, 0.1) is 6.04 Å². The van der Waals surface area contributed by atoms with Crippen LogP contribution in [0, 0.1) is 5.41 Å². The molecule has 1 heterocycles. The molecule has 156 valence electrons. The van der Waals surface area contributed by atoms with E-state index in [1.54, 1.807) is 0 Å². The van der Waals surface area contributed by atoms with Gasteiger partial charge in [-0.05, 0) is 55.5 Å². The zero-order chi connectivity index (χ0) is 21.6. The van der Waals surface area contributed by atoms with Crippen LogP contribution in [-0.4, -0.2) is 17.5 Å². The molecule has 2 heteroatoms. The Kier molecular flexibility index (Phi) is 7.73. The molecule has 29 heavy (non-hydrogen) atoms. The number of benzene rings is 1. The molecule has 2 nitrogen and oxygen atoms in total. The summed E-state index contributed by atoms with van der Waals surface area (Å²) in [6.45, 7) is 20.5. The number of hydrogen-bond donors (Lipinski definition) is 1. The lowest BCUT2D eigenvalue weighted by Crippen LogP contribution is -2.24. The van der Waals surface area contributed by atoms with E-state index in [2.05, 4.69) is 120 Å². The quantitative estimate of drug-likeness (QED) is 0.487. The Morgan fingerprint density at radius 1 is 1.24 bits per heavy atom. The van der Waals surface area contributed by atoms with E-state index in [1.807, 2.05) is 6.08 Å². The monoisotopic (exact) mass is 390 g/mol. The van der Waals surface area contributed by atoms with Crippen LogP contribution in [0.1, 0.15) is 59.9 Å². The number of rotatable bonds is 7. The van der Waals surface area contributed by atoms with Crippen LogP contribution in [0.15, 0.2) is 84.3 Å². The number of nitrogens with one attached hydrogen (secondary N) is 1. The minimum absolute atomic E-state index is 0.0368. The molecule has 2 rings (SSSR count). The molecule has 1 aliphatic rings. The fourth-order valence-electron chi connectivity index (χ4n) is 4.03. The molecule has 1 aromatic rings. The predicted octanol–water partition coefficient (Wildman–Crippen LogP) is 7.43. The van der Waals surface area contributed by atoms with Crippen molar-refractivity contribution in [3.63, 3.8) is 0 Å². The van der Waals surface area contributed by atoms with Crippen molar-refractivity contribution in [3.8, 4) is 0 Å². The minimum Gasteiger partial charge on any atom is -0.378 e. The summed E-state index contributed by atoms with van der Waals surface area (Å²) in [7, 11) is 0. The van der Waals surface area contributed by atoms with Gasteiger partial charge in [0.15, 0.2) is 0 Å². The number of fused-ring (bicyclic) bond motifs is 1. The Morgan fingerprint density at radius 2 is 1.93 bits per heavy atom. The first-order valence-corrected chi connectivity index (χ1v) is 10.7. The third kappa shape index (κ3) is 5.32. The SMILES string of the molecule is C=C/C(=C(\C=C/C)N(CC)/C(C)=C/C=C/C1Nc2ccccc2C1C)C(C)(C)C. The number of hydrogen-bond acceptors (Lipinski definition) is 2. The van der Waals surface area contributed by atoms with Gasteiger partial charge in [-0.3, -0.25) is 0 Å². The fourth-order valence-corrected chi connectivity index (χ4v) is 4.03. The normalized spacial score (nSPS) is 20.6. The van der Waals surface area contributed by atoms with Gasteiger partial charge in [-0.1, -0.05) is 76.8 Å². The number of allylic oxidation sites excluding steroid dienone is 7. The summed E-state index contributed by atoms with van der Waals surface area (Å²) in [4.78, 5) is 2.37. The number of nitrogens with zero attached hydrogens (tertiary/aromatic N) is 1. The summed E-state index contributed by atoms with van der Waals surface area (Å²) in [5.41, 5.74) is 6.40. The topological polar surface area (TPSA) is 15.3 Å². The van der Waals surface area contributed by atoms with E-state index in [1.165, 1.54) is 28.2 Å². The Labute approximate surface area is 178 Å². The number of likely N-dealkylation sites (N-methyl/N-ethyl adjacent to an activating group) is 1.